The minimum Gasteiger partial charge on any atom is -0.300 e. The van der Waals surface area contributed by atoms with Crippen molar-refractivity contribution < 1.29 is 9.59 Å². The molecule has 0 saturated heterocycles. The van der Waals surface area contributed by atoms with Gasteiger partial charge in [-0.1, -0.05) is 54.4 Å². The summed E-state index contributed by atoms with van der Waals surface area (Å²) in [5.74, 6) is 6.05. The molecule has 4 saturated carbocycles. The number of carbonyl (C=O) groups is 2. The quantitative estimate of drug-likeness (QED) is 0.439. The largest absolute Gasteiger partial charge is 0.300 e. The van der Waals surface area contributed by atoms with Crippen molar-refractivity contribution in [2.24, 2.45) is 58.2 Å². The van der Waals surface area contributed by atoms with Gasteiger partial charge in [-0.3, -0.25) is 9.59 Å². The highest BCUT2D eigenvalue weighted by Crippen LogP contribution is 2.67. The van der Waals surface area contributed by atoms with Gasteiger partial charge in [-0.05, 0) is 90.8 Å². The topological polar surface area (TPSA) is 34.1 Å². The Morgan fingerprint density at radius 3 is 2.29 bits per heavy atom. The maximum absolute atomic E-state index is 13.3. The van der Waals surface area contributed by atoms with E-state index in [0.717, 1.165) is 42.4 Å². The average Bonchev–Trinajstić information content (AvgIpc) is 3.07. The Hall–Kier alpha value is -0.660. The standard InChI is InChI=1S/C29H48O2/c1-7-20(18(2)3)9-8-19(4)23-10-11-24-22-17-27(31)26-16-21(30)12-14-29(26,6)25(22)13-15-28(23,24)5/h18-20,22-26H,7-17H2,1-6H3/t19-,20-,22-,23-,24+,25+,26?,28-,29+/m1/s1. The van der Waals surface area contributed by atoms with Gasteiger partial charge in [0.25, 0.3) is 0 Å². The molecule has 0 aromatic rings. The molecule has 2 heteroatoms. The second kappa shape index (κ2) is 8.60. The Bertz CT molecular complexity index is 695. The summed E-state index contributed by atoms with van der Waals surface area (Å²) in [6, 6.07) is 0. The van der Waals surface area contributed by atoms with Crippen molar-refractivity contribution in [3.63, 3.8) is 0 Å². The lowest BCUT2D eigenvalue weighted by Crippen LogP contribution is -2.56. The maximum Gasteiger partial charge on any atom is 0.137 e. The summed E-state index contributed by atoms with van der Waals surface area (Å²) >= 11 is 0. The fraction of sp³-hybridized carbons (Fsp3) is 0.931. The van der Waals surface area contributed by atoms with Crippen molar-refractivity contribution in [2.45, 2.75) is 112 Å². The van der Waals surface area contributed by atoms with E-state index in [4.69, 9.17) is 0 Å². The Morgan fingerprint density at radius 1 is 0.903 bits per heavy atom. The fourth-order valence-corrected chi connectivity index (χ4v) is 9.50. The predicted molar refractivity (Wildman–Crippen MR) is 128 cm³/mol. The van der Waals surface area contributed by atoms with Crippen molar-refractivity contribution in [3.05, 3.63) is 0 Å². The van der Waals surface area contributed by atoms with Crippen LogP contribution in [-0.4, -0.2) is 11.6 Å². The van der Waals surface area contributed by atoms with Crippen LogP contribution in [0.5, 0.6) is 0 Å². The lowest BCUT2D eigenvalue weighted by Gasteiger charge is -2.59. The SMILES string of the molecule is CC[C@H](CC[C@@H](C)[C@H]1CC[C@H]2[C@H]3CC(=O)C4CC(=O)CC[C@@]4(C)[C@H]3CC[C@]12C)C(C)C. The monoisotopic (exact) mass is 428 g/mol. The molecule has 0 aliphatic heterocycles. The first-order chi connectivity index (χ1) is 14.6. The smallest absolute Gasteiger partial charge is 0.137 e. The van der Waals surface area contributed by atoms with Crippen LogP contribution in [0.15, 0.2) is 0 Å². The van der Waals surface area contributed by atoms with Crippen LogP contribution in [0.25, 0.3) is 0 Å². The molecule has 9 atom stereocenters. The predicted octanol–water partition coefficient (Wildman–Crippen LogP) is 7.49. The van der Waals surface area contributed by atoms with Gasteiger partial charge in [0.1, 0.15) is 11.6 Å². The summed E-state index contributed by atoms with van der Waals surface area (Å²) < 4.78 is 0. The van der Waals surface area contributed by atoms with Crippen LogP contribution in [0.1, 0.15) is 112 Å². The molecular formula is C29H48O2. The fourth-order valence-electron chi connectivity index (χ4n) is 9.50. The van der Waals surface area contributed by atoms with Gasteiger partial charge >= 0.3 is 0 Å². The van der Waals surface area contributed by atoms with Crippen LogP contribution in [0, 0.1) is 58.2 Å². The first kappa shape index (κ1) is 23.5. The van der Waals surface area contributed by atoms with E-state index in [9.17, 15) is 9.59 Å². The van der Waals surface area contributed by atoms with Crippen LogP contribution >= 0.6 is 0 Å². The molecule has 0 spiro atoms. The van der Waals surface area contributed by atoms with Crippen LogP contribution in [0.3, 0.4) is 0 Å². The number of fused-ring (bicyclic) bond motifs is 5. The van der Waals surface area contributed by atoms with Crippen LogP contribution < -0.4 is 0 Å². The maximum atomic E-state index is 13.3. The molecule has 4 rings (SSSR count). The Kier molecular flexibility index (Phi) is 6.52. The van der Waals surface area contributed by atoms with E-state index in [0.29, 0.717) is 41.7 Å². The number of hydrogen-bond acceptors (Lipinski definition) is 2. The molecule has 0 bridgehead atoms. The number of ketones is 2. The molecule has 0 aromatic carbocycles. The molecule has 1 unspecified atom stereocenters. The van der Waals surface area contributed by atoms with Gasteiger partial charge < -0.3 is 0 Å². The Balaban J connectivity index is 1.49. The molecule has 4 fully saturated rings. The lowest BCUT2D eigenvalue weighted by molar-refractivity contribution is -0.159. The van der Waals surface area contributed by atoms with Gasteiger partial charge in [0.05, 0.1) is 0 Å². The normalized spacial score (nSPS) is 44.5. The molecule has 176 valence electrons. The lowest BCUT2D eigenvalue weighted by atomic mass is 9.44. The zero-order valence-corrected chi connectivity index (χ0v) is 21.2. The summed E-state index contributed by atoms with van der Waals surface area (Å²) in [4.78, 5) is 25.4. The number of hydrogen-bond donors (Lipinski definition) is 0. The van der Waals surface area contributed by atoms with Gasteiger partial charge in [-0.25, -0.2) is 0 Å². The van der Waals surface area contributed by atoms with Gasteiger partial charge in [0, 0.05) is 25.2 Å². The zero-order valence-electron chi connectivity index (χ0n) is 21.2. The van der Waals surface area contributed by atoms with E-state index in [2.05, 4.69) is 41.5 Å². The average molecular weight is 429 g/mol. The highest BCUT2D eigenvalue weighted by molar-refractivity contribution is 5.90. The third-order valence-electron chi connectivity index (χ3n) is 11.5. The van der Waals surface area contributed by atoms with E-state index in [1.54, 1.807) is 0 Å². The molecule has 0 heterocycles. The zero-order chi connectivity index (χ0) is 22.6. The van der Waals surface area contributed by atoms with Crippen molar-refractivity contribution in [2.75, 3.05) is 0 Å². The summed E-state index contributed by atoms with van der Waals surface area (Å²) in [5.41, 5.74) is 0.513. The molecule has 0 aromatic heterocycles. The second-order valence-corrected chi connectivity index (χ2v) is 13.0. The summed E-state index contributed by atoms with van der Waals surface area (Å²) in [7, 11) is 0. The number of rotatable bonds is 6. The molecule has 0 N–H and O–H groups in total. The van der Waals surface area contributed by atoms with Gasteiger partial charge in [0.2, 0.25) is 0 Å². The van der Waals surface area contributed by atoms with E-state index in [1.165, 1.54) is 44.9 Å². The highest BCUT2D eigenvalue weighted by Gasteiger charge is 2.62. The van der Waals surface area contributed by atoms with Crippen LogP contribution in [0.4, 0.5) is 0 Å². The minimum atomic E-state index is 0.0255. The summed E-state index contributed by atoms with van der Waals surface area (Å²) in [5, 5.41) is 0. The van der Waals surface area contributed by atoms with Gasteiger partial charge in [-0.2, -0.15) is 0 Å². The van der Waals surface area contributed by atoms with Crippen LogP contribution in [-0.2, 0) is 9.59 Å². The Labute approximate surface area is 191 Å². The second-order valence-electron chi connectivity index (χ2n) is 13.0. The molecule has 4 aliphatic rings. The number of carbonyl (C=O) groups excluding carboxylic acids is 2. The van der Waals surface area contributed by atoms with E-state index in [1.807, 2.05) is 0 Å². The molecule has 31 heavy (non-hydrogen) atoms. The van der Waals surface area contributed by atoms with Gasteiger partial charge in [-0.15, -0.1) is 0 Å². The van der Waals surface area contributed by atoms with Crippen molar-refractivity contribution >= 4 is 11.6 Å². The van der Waals surface area contributed by atoms with E-state index < -0.39 is 0 Å². The first-order valence-corrected chi connectivity index (χ1v) is 13.7. The highest BCUT2D eigenvalue weighted by atomic mass is 16.1. The molecule has 0 radical (unpaired) electrons. The molecule has 4 aliphatic carbocycles. The summed E-state index contributed by atoms with van der Waals surface area (Å²) in [6.07, 6.45) is 12.4. The summed E-state index contributed by atoms with van der Waals surface area (Å²) in [6.45, 7) is 14.7. The van der Waals surface area contributed by atoms with Crippen molar-refractivity contribution in [1.82, 2.24) is 0 Å². The third-order valence-corrected chi connectivity index (χ3v) is 11.5. The molecule has 2 nitrogen and oxygen atoms in total. The third kappa shape index (κ3) is 3.86. The first-order valence-electron chi connectivity index (χ1n) is 13.7. The van der Waals surface area contributed by atoms with E-state index >= 15 is 0 Å². The van der Waals surface area contributed by atoms with Gasteiger partial charge in [0.15, 0.2) is 0 Å². The molecular weight excluding hydrogens is 380 g/mol. The number of Topliss-reactive ketones (excluding diaryl/α,β-unsaturated/α-hetero) is 2. The van der Waals surface area contributed by atoms with Crippen molar-refractivity contribution in [3.8, 4) is 0 Å². The Morgan fingerprint density at radius 2 is 1.61 bits per heavy atom. The van der Waals surface area contributed by atoms with E-state index in [-0.39, 0.29) is 11.3 Å². The van der Waals surface area contributed by atoms with Crippen molar-refractivity contribution in [1.29, 1.82) is 0 Å². The molecule has 0 amide bonds. The van der Waals surface area contributed by atoms with Crippen LogP contribution in [0.2, 0.25) is 0 Å². The minimum absolute atomic E-state index is 0.0255.